The van der Waals surface area contributed by atoms with E-state index in [0.29, 0.717) is 23.6 Å². The Balaban J connectivity index is 2.53. The highest BCUT2D eigenvalue weighted by Gasteiger charge is 2.14. The van der Waals surface area contributed by atoms with Crippen LogP contribution >= 0.6 is 12.2 Å². The highest BCUT2D eigenvalue weighted by molar-refractivity contribution is 7.80. The summed E-state index contributed by atoms with van der Waals surface area (Å²) in [4.78, 5) is 14.4. The van der Waals surface area contributed by atoms with Crippen LogP contribution in [-0.2, 0) is 4.79 Å². The Morgan fingerprint density at radius 2 is 2.00 bits per heavy atom. The van der Waals surface area contributed by atoms with Crippen molar-refractivity contribution in [2.45, 2.75) is 26.3 Å². The Bertz CT molecular complexity index is 462. The summed E-state index contributed by atoms with van der Waals surface area (Å²) < 4.78 is 12.8. The lowest BCUT2D eigenvalue weighted by molar-refractivity contribution is -0.117. The predicted molar refractivity (Wildman–Crippen MR) is 83.1 cm³/mol. The average molecular weight is 297 g/mol. The maximum absolute atomic E-state index is 12.8. The molecule has 1 amide bonds. The Hall–Kier alpha value is -1.53. The molecular formula is C14H20FN3OS. The van der Waals surface area contributed by atoms with Crippen LogP contribution in [0.1, 0.15) is 20.3 Å². The van der Waals surface area contributed by atoms with Gasteiger partial charge in [-0.05, 0) is 38.1 Å². The normalized spacial score (nSPS) is 10.8. The topological polar surface area (TPSA) is 58.4 Å². The summed E-state index contributed by atoms with van der Waals surface area (Å²) in [5, 5.41) is 2.73. The Morgan fingerprint density at radius 1 is 1.40 bits per heavy atom. The van der Waals surface area contributed by atoms with E-state index in [-0.39, 0.29) is 24.3 Å². The van der Waals surface area contributed by atoms with Gasteiger partial charge in [0.1, 0.15) is 5.82 Å². The van der Waals surface area contributed by atoms with Gasteiger partial charge in [0, 0.05) is 24.7 Å². The van der Waals surface area contributed by atoms with Crippen LogP contribution in [0.3, 0.4) is 0 Å². The fraction of sp³-hybridized carbons (Fsp3) is 0.429. The summed E-state index contributed by atoms with van der Waals surface area (Å²) in [6.45, 7) is 4.90. The molecule has 0 fully saturated rings. The zero-order valence-corrected chi connectivity index (χ0v) is 12.5. The fourth-order valence-corrected chi connectivity index (χ4v) is 1.78. The molecule has 0 aliphatic carbocycles. The number of hydrogen-bond acceptors (Lipinski definition) is 3. The summed E-state index contributed by atoms with van der Waals surface area (Å²) in [7, 11) is 0. The van der Waals surface area contributed by atoms with Gasteiger partial charge >= 0.3 is 0 Å². The van der Waals surface area contributed by atoms with Gasteiger partial charge in [0.25, 0.3) is 0 Å². The number of benzene rings is 1. The van der Waals surface area contributed by atoms with Gasteiger partial charge in [-0.2, -0.15) is 0 Å². The van der Waals surface area contributed by atoms with E-state index in [4.69, 9.17) is 18.0 Å². The first-order valence-corrected chi connectivity index (χ1v) is 6.87. The minimum atomic E-state index is -0.330. The first kappa shape index (κ1) is 16.5. The summed E-state index contributed by atoms with van der Waals surface area (Å²) in [6.07, 6.45) is 0.581. The van der Waals surface area contributed by atoms with Gasteiger partial charge in [-0.25, -0.2) is 4.39 Å². The van der Waals surface area contributed by atoms with E-state index in [1.807, 2.05) is 18.7 Å². The van der Waals surface area contributed by atoms with Crippen molar-refractivity contribution in [2.75, 3.05) is 18.4 Å². The standard InChI is InChI=1S/C14H20FN3OS/c1-10(2)18(8-7-13(16)20)9-14(19)17-12-5-3-11(15)4-6-12/h3-6,10H,7-9H2,1-2H3,(H2,16,20)(H,17,19). The van der Waals surface area contributed by atoms with E-state index in [9.17, 15) is 9.18 Å². The van der Waals surface area contributed by atoms with Gasteiger partial charge in [-0.1, -0.05) is 12.2 Å². The summed E-state index contributed by atoms with van der Waals surface area (Å²) in [6, 6.07) is 5.89. The van der Waals surface area contributed by atoms with Crippen molar-refractivity contribution in [1.82, 2.24) is 4.90 Å². The third-order valence-electron chi connectivity index (χ3n) is 2.85. The molecule has 1 aromatic rings. The largest absolute Gasteiger partial charge is 0.393 e. The molecule has 4 nitrogen and oxygen atoms in total. The van der Waals surface area contributed by atoms with Crippen molar-refractivity contribution in [2.24, 2.45) is 5.73 Å². The number of nitrogens with two attached hydrogens (primary N) is 1. The molecule has 3 N–H and O–H groups in total. The number of rotatable bonds is 7. The summed E-state index contributed by atoms with van der Waals surface area (Å²) in [5.74, 6) is -0.475. The zero-order valence-electron chi connectivity index (χ0n) is 11.7. The van der Waals surface area contributed by atoms with E-state index in [0.717, 1.165) is 0 Å². The zero-order chi connectivity index (χ0) is 15.1. The highest BCUT2D eigenvalue weighted by Crippen LogP contribution is 2.08. The van der Waals surface area contributed by atoms with E-state index in [1.165, 1.54) is 24.3 Å². The van der Waals surface area contributed by atoms with E-state index >= 15 is 0 Å². The molecule has 0 unspecified atom stereocenters. The molecule has 110 valence electrons. The molecule has 6 heteroatoms. The fourth-order valence-electron chi connectivity index (χ4n) is 1.69. The first-order chi connectivity index (χ1) is 9.38. The number of anilines is 1. The van der Waals surface area contributed by atoms with Crippen molar-refractivity contribution in [1.29, 1.82) is 0 Å². The molecule has 0 spiro atoms. The minimum Gasteiger partial charge on any atom is -0.393 e. The molecule has 0 aliphatic heterocycles. The number of carbonyl (C=O) groups excluding carboxylic acids is 1. The van der Waals surface area contributed by atoms with Gasteiger partial charge < -0.3 is 11.1 Å². The summed E-state index contributed by atoms with van der Waals surface area (Å²) >= 11 is 4.85. The molecule has 1 rings (SSSR count). The van der Waals surface area contributed by atoms with Crippen LogP contribution in [0.25, 0.3) is 0 Å². The molecule has 0 aromatic heterocycles. The molecular weight excluding hydrogens is 277 g/mol. The number of nitrogens with zero attached hydrogens (tertiary/aromatic N) is 1. The Labute approximate surface area is 124 Å². The van der Waals surface area contributed by atoms with Crippen LogP contribution in [0.5, 0.6) is 0 Å². The molecule has 0 heterocycles. The molecule has 0 radical (unpaired) electrons. The number of hydrogen-bond donors (Lipinski definition) is 2. The lowest BCUT2D eigenvalue weighted by Crippen LogP contribution is -2.39. The van der Waals surface area contributed by atoms with Crippen molar-refractivity contribution in [3.05, 3.63) is 30.1 Å². The molecule has 0 bridgehead atoms. The molecule has 20 heavy (non-hydrogen) atoms. The minimum absolute atomic E-state index is 0.145. The van der Waals surface area contributed by atoms with E-state index in [2.05, 4.69) is 5.32 Å². The van der Waals surface area contributed by atoms with Crippen LogP contribution < -0.4 is 11.1 Å². The van der Waals surface area contributed by atoms with Crippen molar-refractivity contribution in [3.63, 3.8) is 0 Å². The lowest BCUT2D eigenvalue weighted by Gasteiger charge is -2.25. The maximum Gasteiger partial charge on any atom is 0.238 e. The number of halogens is 1. The van der Waals surface area contributed by atoms with Crippen LogP contribution in [0, 0.1) is 5.82 Å². The number of thiocarbonyl (C=S) groups is 1. The SMILES string of the molecule is CC(C)N(CCC(N)=S)CC(=O)Nc1ccc(F)cc1. The van der Waals surface area contributed by atoms with Gasteiger partial charge in [-0.3, -0.25) is 9.69 Å². The van der Waals surface area contributed by atoms with Crippen molar-refractivity contribution in [3.8, 4) is 0 Å². The third kappa shape index (κ3) is 6.08. The number of amides is 1. The Morgan fingerprint density at radius 3 is 2.50 bits per heavy atom. The molecule has 0 saturated carbocycles. The average Bonchev–Trinajstić information content (AvgIpc) is 2.36. The third-order valence-corrected chi connectivity index (χ3v) is 3.05. The molecule has 0 atom stereocenters. The summed E-state index contributed by atoms with van der Waals surface area (Å²) in [5.41, 5.74) is 6.06. The molecule has 1 aromatic carbocycles. The monoisotopic (exact) mass is 297 g/mol. The van der Waals surface area contributed by atoms with Crippen LogP contribution in [0.15, 0.2) is 24.3 Å². The quantitative estimate of drug-likeness (QED) is 0.757. The molecule has 0 saturated heterocycles. The van der Waals surface area contributed by atoms with Gasteiger partial charge in [0.2, 0.25) is 5.91 Å². The lowest BCUT2D eigenvalue weighted by atomic mass is 10.2. The van der Waals surface area contributed by atoms with Crippen molar-refractivity contribution >= 4 is 28.8 Å². The maximum atomic E-state index is 12.8. The van der Waals surface area contributed by atoms with Crippen LogP contribution in [0.4, 0.5) is 10.1 Å². The smallest absolute Gasteiger partial charge is 0.238 e. The second-order valence-electron chi connectivity index (χ2n) is 4.84. The first-order valence-electron chi connectivity index (χ1n) is 6.46. The number of nitrogens with one attached hydrogen (secondary N) is 1. The van der Waals surface area contributed by atoms with Crippen LogP contribution in [-0.4, -0.2) is 34.9 Å². The van der Waals surface area contributed by atoms with E-state index in [1.54, 1.807) is 0 Å². The highest BCUT2D eigenvalue weighted by atomic mass is 32.1. The van der Waals surface area contributed by atoms with Gasteiger partial charge in [0.15, 0.2) is 0 Å². The van der Waals surface area contributed by atoms with Gasteiger partial charge in [-0.15, -0.1) is 0 Å². The van der Waals surface area contributed by atoms with Crippen molar-refractivity contribution < 1.29 is 9.18 Å². The van der Waals surface area contributed by atoms with Gasteiger partial charge in [0.05, 0.1) is 11.5 Å². The molecule has 0 aliphatic rings. The van der Waals surface area contributed by atoms with Crippen LogP contribution in [0.2, 0.25) is 0 Å². The van der Waals surface area contributed by atoms with E-state index < -0.39 is 0 Å². The second kappa shape index (κ2) is 7.91. The second-order valence-corrected chi connectivity index (χ2v) is 5.36. The Kier molecular flexibility index (Phi) is 6.54. The predicted octanol–water partition coefficient (Wildman–Crippen LogP) is 2.15. The number of carbonyl (C=O) groups is 1.